The second kappa shape index (κ2) is 9.69. The Bertz CT molecular complexity index is 821. The lowest BCUT2D eigenvalue weighted by Crippen LogP contribution is -2.27. The van der Waals surface area contributed by atoms with E-state index < -0.39 is 18.0 Å². The van der Waals surface area contributed by atoms with Crippen molar-refractivity contribution in [1.29, 1.82) is 0 Å². The summed E-state index contributed by atoms with van der Waals surface area (Å²) in [4.78, 5) is 0.266. The van der Waals surface area contributed by atoms with Crippen LogP contribution in [0.25, 0.3) is 0 Å². The Morgan fingerprint density at radius 1 is 0.677 bits per heavy atom. The van der Waals surface area contributed by atoms with Gasteiger partial charge in [-0.2, -0.15) is 8.42 Å². The zero-order valence-corrected chi connectivity index (χ0v) is 24.8. The minimum absolute atomic E-state index is 0.166. The molecule has 1 aromatic carbocycles. The van der Waals surface area contributed by atoms with E-state index in [0.29, 0.717) is 0 Å². The zero-order valence-electron chi connectivity index (χ0n) is 22.2. The molecule has 0 saturated heterocycles. The van der Waals surface area contributed by atoms with Crippen molar-refractivity contribution in [2.75, 3.05) is 7.11 Å². The van der Waals surface area contributed by atoms with Crippen LogP contribution in [0.5, 0.6) is 0 Å². The van der Waals surface area contributed by atoms with Crippen LogP contribution in [0.1, 0.15) is 94.2 Å². The Hall–Kier alpha value is -0.0100. The molecule has 0 aliphatic carbocycles. The lowest BCUT2D eigenvalue weighted by atomic mass is 10.1. The molecule has 1 aromatic rings. The van der Waals surface area contributed by atoms with Crippen LogP contribution in [0.2, 0.25) is 0 Å². The molecule has 0 atom stereocenters. The first kappa shape index (κ1) is 29.0. The third-order valence-corrected chi connectivity index (χ3v) is 14.6. The van der Waals surface area contributed by atoms with Gasteiger partial charge in [0.1, 0.15) is 0 Å². The number of benzene rings is 1. The molecule has 0 unspecified atom stereocenters. The highest BCUT2D eigenvalue weighted by molar-refractivity contribution is 7.86. The summed E-state index contributed by atoms with van der Waals surface area (Å²) < 4.78 is 29.8. The average molecular weight is 489 g/mol. The standard InChI is InChI=1S/C25H46O3P2S/c1-22(2,3)29(23(4,5)6)17-19-14-15-21(31(26,27)28-13)16-20(19)18-30(24(7,8)9)25(10,11)12/h14-16H,17-18H2,1-13H3. The van der Waals surface area contributed by atoms with Crippen molar-refractivity contribution in [3.05, 3.63) is 29.3 Å². The Morgan fingerprint density at radius 3 is 1.35 bits per heavy atom. The van der Waals surface area contributed by atoms with Crippen molar-refractivity contribution in [3.63, 3.8) is 0 Å². The summed E-state index contributed by atoms with van der Waals surface area (Å²) in [5.41, 5.74) is 2.47. The van der Waals surface area contributed by atoms with Crippen molar-refractivity contribution in [2.24, 2.45) is 0 Å². The van der Waals surface area contributed by atoms with Gasteiger partial charge < -0.3 is 0 Å². The van der Waals surface area contributed by atoms with Gasteiger partial charge in [-0.05, 0) is 56.2 Å². The number of hydrogen-bond acceptors (Lipinski definition) is 3. The van der Waals surface area contributed by atoms with Crippen molar-refractivity contribution in [2.45, 2.75) is 121 Å². The Morgan fingerprint density at radius 2 is 1.03 bits per heavy atom. The first-order valence-corrected chi connectivity index (χ1v) is 15.5. The Kier molecular flexibility index (Phi) is 9.08. The molecule has 0 heterocycles. The minimum Gasteiger partial charge on any atom is -0.270 e. The van der Waals surface area contributed by atoms with E-state index in [4.69, 9.17) is 4.18 Å². The SMILES string of the molecule is COS(=O)(=O)c1ccc(CP(C(C)(C)C)C(C)(C)C)c(CP(C(C)(C)C)C(C)(C)C)c1. The van der Waals surface area contributed by atoms with Crippen LogP contribution in [-0.4, -0.2) is 36.2 Å². The molecule has 6 heteroatoms. The van der Waals surface area contributed by atoms with Crippen LogP contribution in [0.3, 0.4) is 0 Å². The topological polar surface area (TPSA) is 43.4 Å². The molecule has 3 nitrogen and oxygen atoms in total. The minimum atomic E-state index is -3.72. The lowest BCUT2D eigenvalue weighted by Gasteiger charge is -2.43. The summed E-state index contributed by atoms with van der Waals surface area (Å²) in [6.07, 6.45) is 1.92. The molecule has 0 saturated carbocycles. The van der Waals surface area contributed by atoms with Crippen LogP contribution in [0.4, 0.5) is 0 Å². The van der Waals surface area contributed by atoms with Crippen LogP contribution in [0.15, 0.2) is 23.1 Å². The van der Waals surface area contributed by atoms with Gasteiger partial charge in [0.05, 0.1) is 12.0 Å². The fourth-order valence-electron chi connectivity index (χ4n) is 4.46. The van der Waals surface area contributed by atoms with Crippen molar-refractivity contribution < 1.29 is 12.6 Å². The van der Waals surface area contributed by atoms with Gasteiger partial charge in [-0.1, -0.05) is 105 Å². The summed E-state index contributed by atoms with van der Waals surface area (Å²) in [7, 11) is -3.21. The number of hydrogen-bond donors (Lipinski definition) is 0. The van der Waals surface area contributed by atoms with Crippen molar-refractivity contribution >= 4 is 26.0 Å². The summed E-state index contributed by atoms with van der Waals surface area (Å²) in [5.74, 6) is 0. The molecule has 31 heavy (non-hydrogen) atoms. The van der Waals surface area contributed by atoms with Crippen LogP contribution in [-0.2, 0) is 26.6 Å². The molecule has 0 spiro atoms. The predicted molar refractivity (Wildman–Crippen MR) is 141 cm³/mol. The summed E-state index contributed by atoms with van der Waals surface area (Å²) in [6, 6.07) is 5.67. The van der Waals surface area contributed by atoms with Crippen LogP contribution in [0, 0.1) is 0 Å². The molecule has 0 aromatic heterocycles. The van der Waals surface area contributed by atoms with Crippen LogP contribution >= 0.6 is 15.8 Å². The van der Waals surface area contributed by atoms with Gasteiger partial charge in [-0.3, -0.25) is 4.18 Å². The fraction of sp³-hybridized carbons (Fsp3) is 0.760. The quantitative estimate of drug-likeness (QED) is 0.299. The molecule has 0 N–H and O–H groups in total. The van der Waals surface area contributed by atoms with Gasteiger partial charge >= 0.3 is 0 Å². The van der Waals surface area contributed by atoms with Gasteiger partial charge in [-0.15, -0.1) is 0 Å². The third kappa shape index (κ3) is 8.06. The predicted octanol–water partition coefficient (Wildman–Crippen LogP) is 8.18. The van der Waals surface area contributed by atoms with Gasteiger partial charge in [0.15, 0.2) is 0 Å². The average Bonchev–Trinajstić information content (AvgIpc) is 2.53. The van der Waals surface area contributed by atoms with Gasteiger partial charge in [0.25, 0.3) is 10.1 Å². The second-order valence-corrected chi connectivity index (χ2v) is 21.8. The molecular weight excluding hydrogens is 442 g/mol. The monoisotopic (exact) mass is 488 g/mol. The lowest BCUT2D eigenvalue weighted by molar-refractivity contribution is 0.397. The van der Waals surface area contributed by atoms with E-state index in [9.17, 15) is 8.42 Å². The highest BCUT2D eigenvalue weighted by Gasteiger charge is 2.37. The Balaban J connectivity index is 3.66. The molecular formula is C25H46O3P2S. The molecule has 0 radical (unpaired) electrons. The molecule has 0 aliphatic heterocycles. The molecule has 0 aliphatic rings. The van der Waals surface area contributed by atoms with Gasteiger partial charge in [-0.25, -0.2) is 0 Å². The molecule has 180 valence electrons. The van der Waals surface area contributed by atoms with E-state index >= 15 is 0 Å². The van der Waals surface area contributed by atoms with Gasteiger partial charge in [0, 0.05) is 0 Å². The zero-order chi connectivity index (χ0) is 24.6. The van der Waals surface area contributed by atoms with E-state index in [1.54, 1.807) is 6.07 Å². The molecule has 0 amide bonds. The van der Waals surface area contributed by atoms with Crippen molar-refractivity contribution in [1.82, 2.24) is 0 Å². The maximum atomic E-state index is 12.5. The largest absolute Gasteiger partial charge is 0.296 e. The first-order valence-electron chi connectivity index (χ1n) is 11.1. The van der Waals surface area contributed by atoms with E-state index in [2.05, 4.69) is 83.1 Å². The maximum Gasteiger partial charge on any atom is 0.296 e. The van der Waals surface area contributed by atoms with Crippen LogP contribution < -0.4 is 0 Å². The highest BCUT2D eigenvalue weighted by Crippen LogP contribution is 2.64. The normalized spacial score (nSPS) is 14.5. The van der Waals surface area contributed by atoms with Crippen molar-refractivity contribution in [3.8, 4) is 0 Å². The second-order valence-electron chi connectivity index (χ2n) is 12.4. The highest BCUT2D eigenvalue weighted by atomic mass is 32.2. The summed E-state index contributed by atoms with van der Waals surface area (Å²) >= 11 is 0. The molecule has 0 bridgehead atoms. The summed E-state index contributed by atoms with van der Waals surface area (Å²) in [6.45, 7) is 27.9. The first-order chi connectivity index (χ1) is 13.6. The molecule has 0 fully saturated rings. The van der Waals surface area contributed by atoms with E-state index in [-0.39, 0.29) is 33.4 Å². The third-order valence-electron chi connectivity index (χ3n) is 5.58. The van der Waals surface area contributed by atoms with E-state index in [1.165, 1.54) is 18.2 Å². The number of rotatable bonds is 6. The maximum absolute atomic E-state index is 12.5. The smallest absolute Gasteiger partial charge is 0.270 e. The Labute approximate surface area is 195 Å². The fourth-order valence-corrected chi connectivity index (χ4v) is 12.4. The summed E-state index contributed by atoms with van der Waals surface area (Å²) in [5, 5.41) is 0.751. The van der Waals surface area contributed by atoms with E-state index in [0.717, 1.165) is 12.3 Å². The van der Waals surface area contributed by atoms with E-state index in [1.807, 2.05) is 12.1 Å². The van der Waals surface area contributed by atoms with Gasteiger partial charge in [0.2, 0.25) is 0 Å². The molecule has 1 rings (SSSR count).